The molecule has 0 aliphatic heterocycles. The minimum Gasteiger partial charge on any atom is -0.508 e. The molecule has 1 aromatic heterocycles. The van der Waals surface area contributed by atoms with Gasteiger partial charge in [0.05, 0.1) is 6.04 Å². The van der Waals surface area contributed by atoms with Crippen LogP contribution in [0.25, 0.3) is 11.0 Å². The second kappa shape index (κ2) is 6.33. The van der Waals surface area contributed by atoms with Gasteiger partial charge in [-0.05, 0) is 24.3 Å². The standard InChI is InChI=1S/C20H18FNO3/c21-15-3-1-13(2-4-15)11-22(16-5-6-16)12-14-9-20(24)25-19-10-17(23)7-8-18(14)19/h1-4,7-10,16,23H,5-6,11-12H2/p+1. The van der Waals surface area contributed by atoms with Crippen LogP contribution in [-0.4, -0.2) is 11.1 Å². The van der Waals surface area contributed by atoms with Crippen molar-refractivity contribution in [2.75, 3.05) is 0 Å². The van der Waals surface area contributed by atoms with Gasteiger partial charge in [-0.25, -0.2) is 9.18 Å². The maximum absolute atomic E-state index is 13.1. The molecule has 3 aromatic rings. The van der Waals surface area contributed by atoms with Gasteiger partial charge in [0, 0.05) is 41.5 Å². The molecule has 1 unspecified atom stereocenters. The fourth-order valence-corrected chi connectivity index (χ4v) is 3.32. The van der Waals surface area contributed by atoms with E-state index < -0.39 is 5.63 Å². The van der Waals surface area contributed by atoms with E-state index in [0.717, 1.165) is 35.9 Å². The topological polar surface area (TPSA) is 54.9 Å². The molecule has 2 N–H and O–H groups in total. The maximum Gasteiger partial charge on any atom is 0.336 e. The van der Waals surface area contributed by atoms with Crippen LogP contribution in [0.15, 0.2) is 57.7 Å². The van der Waals surface area contributed by atoms with Gasteiger partial charge in [-0.2, -0.15) is 0 Å². The van der Waals surface area contributed by atoms with Gasteiger partial charge in [0.1, 0.15) is 30.2 Å². The van der Waals surface area contributed by atoms with Gasteiger partial charge in [0.15, 0.2) is 0 Å². The Bertz CT molecular complexity index is 961. The number of aromatic hydroxyl groups is 1. The van der Waals surface area contributed by atoms with Crippen LogP contribution in [-0.2, 0) is 13.1 Å². The summed E-state index contributed by atoms with van der Waals surface area (Å²) in [6.45, 7) is 1.47. The highest BCUT2D eigenvalue weighted by molar-refractivity contribution is 5.81. The number of phenols is 1. The van der Waals surface area contributed by atoms with Crippen molar-refractivity contribution in [3.63, 3.8) is 0 Å². The largest absolute Gasteiger partial charge is 0.508 e. The van der Waals surface area contributed by atoms with Gasteiger partial charge in [0.25, 0.3) is 0 Å². The molecule has 1 aliphatic rings. The van der Waals surface area contributed by atoms with E-state index in [-0.39, 0.29) is 11.6 Å². The maximum atomic E-state index is 13.1. The highest BCUT2D eigenvalue weighted by Gasteiger charge is 2.33. The molecule has 1 atom stereocenters. The highest BCUT2D eigenvalue weighted by atomic mass is 19.1. The first kappa shape index (κ1) is 15.8. The fraction of sp³-hybridized carbons (Fsp3) is 0.250. The van der Waals surface area contributed by atoms with Crippen molar-refractivity contribution >= 4 is 11.0 Å². The minimum atomic E-state index is -0.412. The molecule has 0 radical (unpaired) electrons. The van der Waals surface area contributed by atoms with E-state index in [9.17, 15) is 14.3 Å². The van der Waals surface area contributed by atoms with Gasteiger partial charge in [-0.3, -0.25) is 0 Å². The van der Waals surface area contributed by atoms with Crippen molar-refractivity contribution in [3.8, 4) is 5.75 Å². The third-order valence-electron chi connectivity index (χ3n) is 4.73. The second-order valence-electron chi connectivity index (χ2n) is 6.68. The molecule has 4 rings (SSSR count). The molecular formula is C20H19FNO3+. The van der Waals surface area contributed by atoms with Gasteiger partial charge >= 0.3 is 5.63 Å². The Hall–Kier alpha value is -2.66. The first-order chi connectivity index (χ1) is 12.1. The van der Waals surface area contributed by atoms with E-state index in [2.05, 4.69) is 0 Å². The van der Waals surface area contributed by atoms with Crippen LogP contribution in [0.5, 0.6) is 5.75 Å². The normalized spacial score (nSPS) is 15.4. The van der Waals surface area contributed by atoms with Crippen molar-refractivity contribution in [1.82, 2.24) is 0 Å². The second-order valence-corrected chi connectivity index (χ2v) is 6.68. The quantitative estimate of drug-likeness (QED) is 0.701. The Morgan fingerprint density at radius 2 is 1.84 bits per heavy atom. The Balaban J connectivity index is 1.65. The molecule has 5 heteroatoms. The average molecular weight is 340 g/mol. The van der Waals surface area contributed by atoms with Crippen LogP contribution in [0.2, 0.25) is 0 Å². The fourth-order valence-electron chi connectivity index (χ4n) is 3.32. The van der Waals surface area contributed by atoms with Crippen molar-refractivity contribution in [2.45, 2.75) is 32.0 Å². The van der Waals surface area contributed by atoms with Gasteiger partial charge in [-0.1, -0.05) is 12.1 Å². The van der Waals surface area contributed by atoms with E-state index in [1.807, 2.05) is 12.1 Å². The molecule has 0 saturated heterocycles. The Kier molecular flexibility index (Phi) is 4.01. The SMILES string of the molecule is O=c1cc(C[NH+](Cc2ccc(F)cc2)C2CC2)c2ccc(O)cc2o1. The first-order valence-electron chi connectivity index (χ1n) is 8.43. The molecule has 1 fully saturated rings. The summed E-state index contributed by atoms with van der Waals surface area (Å²) in [5.41, 5.74) is 1.98. The lowest BCUT2D eigenvalue weighted by atomic mass is 10.1. The molecule has 0 amide bonds. The summed E-state index contributed by atoms with van der Waals surface area (Å²) in [6.07, 6.45) is 2.33. The zero-order valence-electron chi connectivity index (χ0n) is 13.7. The number of hydrogen-bond acceptors (Lipinski definition) is 3. The van der Waals surface area contributed by atoms with E-state index in [0.29, 0.717) is 18.2 Å². The Labute approximate surface area is 144 Å². The summed E-state index contributed by atoms with van der Waals surface area (Å²) in [7, 11) is 0. The molecule has 2 aromatic carbocycles. The summed E-state index contributed by atoms with van der Waals surface area (Å²) in [6, 6.07) is 13.5. The van der Waals surface area contributed by atoms with Gasteiger partial charge < -0.3 is 14.4 Å². The van der Waals surface area contributed by atoms with Crippen molar-refractivity contribution in [2.24, 2.45) is 0 Å². The van der Waals surface area contributed by atoms with E-state index >= 15 is 0 Å². The minimum absolute atomic E-state index is 0.0745. The zero-order valence-corrected chi connectivity index (χ0v) is 13.7. The lowest BCUT2D eigenvalue weighted by molar-refractivity contribution is -0.938. The average Bonchev–Trinajstić information content (AvgIpc) is 3.40. The van der Waals surface area contributed by atoms with E-state index in [1.165, 1.54) is 29.2 Å². The summed E-state index contributed by atoms with van der Waals surface area (Å²) >= 11 is 0. The van der Waals surface area contributed by atoms with Gasteiger partial charge in [0.2, 0.25) is 0 Å². The first-order valence-corrected chi connectivity index (χ1v) is 8.43. The Morgan fingerprint density at radius 3 is 2.56 bits per heavy atom. The third kappa shape index (κ3) is 3.56. The molecule has 25 heavy (non-hydrogen) atoms. The summed E-state index contributed by atoms with van der Waals surface area (Å²) in [4.78, 5) is 13.2. The van der Waals surface area contributed by atoms with Gasteiger partial charge in [-0.15, -0.1) is 0 Å². The lowest BCUT2D eigenvalue weighted by Gasteiger charge is -2.20. The summed E-state index contributed by atoms with van der Waals surface area (Å²) in [5.74, 6) is -0.159. The molecule has 0 spiro atoms. The van der Waals surface area contributed by atoms with Crippen LogP contribution in [0.3, 0.4) is 0 Å². The number of benzene rings is 2. The van der Waals surface area contributed by atoms with Crippen LogP contribution in [0, 0.1) is 5.82 Å². The lowest BCUT2D eigenvalue weighted by Crippen LogP contribution is -3.10. The number of rotatable bonds is 5. The number of nitrogens with one attached hydrogen (secondary N) is 1. The predicted molar refractivity (Wildman–Crippen MR) is 91.9 cm³/mol. The number of quaternary nitrogens is 1. The van der Waals surface area contributed by atoms with Crippen LogP contribution in [0.4, 0.5) is 4.39 Å². The molecule has 0 bridgehead atoms. The molecule has 1 aliphatic carbocycles. The molecule has 1 saturated carbocycles. The van der Waals surface area contributed by atoms with Crippen molar-refractivity contribution in [3.05, 3.63) is 75.9 Å². The van der Waals surface area contributed by atoms with E-state index in [1.54, 1.807) is 12.1 Å². The summed E-state index contributed by atoms with van der Waals surface area (Å²) in [5, 5.41) is 10.5. The monoisotopic (exact) mass is 340 g/mol. The van der Waals surface area contributed by atoms with Crippen molar-refractivity contribution < 1.29 is 18.8 Å². The van der Waals surface area contributed by atoms with Crippen molar-refractivity contribution in [1.29, 1.82) is 0 Å². The molecule has 1 heterocycles. The smallest absolute Gasteiger partial charge is 0.336 e. The van der Waals surface area contributed by atoms with Crippen LogP contribution < -0.4 is 10.5 Å². The highest BCUT2D eigenvalue weighted by Crippen LogP contribution is 2.22. The predicted octanol–water partition coefficient (Wildman–Crippen LogP) is 2.39. The third-order valence-corrected chi connectivity index (χ3v) is 4.73. The number of halogens is 1. The van der Waals surface area contributed by atoms with Crippen LogP contribution in [0.1, 0.15) is 24.0 Å². The number of fused-ring (bicyclic) bond motifs is 1. The number of hydrogen-bond donors (Lipinski definition) is 2. The molecule has 128 valence electrons. The zero-order chi connectivity index (χ0) is 17.4. The molecular weight excluding hydrogens is 321 g/mol. The summed E-state index contributed by atoms with van der Waals surface area (Å²) < 4.78 is 18.3. The van der Waals surface area contributed by atoms with E-state index in [4.69, 9.17) is 4.42 Å². The molecule has 4 nitrogen and oxygen atoms in total. The Morgan fingerprint density at radius 1 is 1.08 bits per heavy atom. The van der Waals surface area contributed by atoms with Crippen LogP contribution >= 0.6 is 0 Å². The number of phenolic OH excluding ortho intramolecular Hbond substituents is 1.